The van der Waals surface area contributed by atoms with Crippen molar-refractivity contribution in [2.75, 3.05) is 7.11 Å². The van der Waals surface area contributed by atoms with E-state index in [1.54, 1.807) is 18.2 Å². The van der Waals surface area contributed by atoms with E-state index in [0.717, 1.165) is 0 Å². The van der Waals surface area contributed by atoms with Gasteiger partial charge in [-0.1, -0.05) is 22.0 Å². The van der Waals surface area contributed by atoms with Gasteiger partial charge in [0, 0.05) is 10.9 Å². The Morgan fingerprint density at radius 2 is 2.29 bits per heavy atom. The molecule has 1 aromatic carbocycles. The molecule has 0 aliphatic carbocycles. The molecule has 5 heteroatoms. The minimum absolute atomic E-state index is 0.254. The van der Waals surface area contributed by atoms with Gasteiger partial charge < -0.3 is 4.74 Å². The zero-order valence-electron chi connectivity index (χ0n) is 7.49. The first-order chi connectivity index (χ1) is 6.74. The second-order valence-electron chi connectivity index (χ2n) is 2.52. The molecule has 0 fully saturated rings. The summed E-state index contributed by atoms with van der Waals surface area (Å²) >= 11 is 3.19. The average Bonchev–Trinajstić information content (AvgIpc) is 2.26. The van der Waals surface area contributed by atoms with Gasteiger partial charge in [-0.2, -0.15) is 0 Å². The van der Waals surface area contributed by atoms with Gasteiger partial charge in [-0.25, -0.2) is 4.79 Å². The molecule has 1 rings (SSSR count). The summed E-state index contributed by atoms with van der Waals surface area (Å²) in [4.78, 5) is 21.7. The molecule has 0 bridgehead atoms. The van der Waals surface area contributed by atoms with Gasteiger partial charge in [-0.15, -0.1) is 4.91 Å². The van der Waals surface area contributed by atoms with Crippen LogP contribution in [-0.4, -0.2) is 13.1 Å². The van der Waals surface area contributed by atoms with Crippen LogP contribution in [0.2, 0.25) is 0 Å². The molecule has 0 aliphatic heterocycles. The molecular weight excluding hydrogens is 250 g/mol. The van der Waals surface area contributed by atoms with Crippen LogP contribution in [0.1, 0.15) is 15.9 Å². The SMILES string of the molecule is COC(=O)c1cccc(N=O)c1CBr. The number of carbonyl (C=O) groups is 1. The smallest absolute Gasteiger partial charge is 0.338 e. The number of halogens is 1. The molecule has 0 N–H and O–H groups in total. The van der Waals surface area contributed by atoms with E-state index in [4.69, 9.17) is 0 Å². The number of carbonyl (C=O) groups excluding carboxylic acids is 1. The van der Waals surface area contributed by atoms with Gasteiger partial charge in [0.15, 0.2) is 0 Å². The minimum Gasteiger partial charge on any atom is -0.465 e. The Kier molecular flexibility index (Phi) is 3.76. The lowest BCUT2D eigenvalue weighted by molar-refractivity contribution is 0.0600. The van der Waals surface area contributed by atoms with E-state index in [-0.39, 0.29) is 5.69 Å². The first kappa shape index (κ1) is 10.8. The lowest BCUT2D eigenvalue weighted by Gasteiger charge is -2.05. The average molecular weight is 258 g/mol. The highest BCUT2D eigenvalue weighted by atomic mass is 79.9. The molecule has 4 nitrogen and oxygen atoms in total. The summed E-state index contributed by atoms with van der Waals surface area (Å²) in [5.41, 5.74) is 1.17. The van der Waals surface area contributed by atoms with E-state index in [2.05, 4.69) is 25.8 Å². The van der Waals surface area contributed by atoms with E-state index in [9.17, 15) is 9.70 Å². The van der Waals surface area contributed by atoms with E-state index >= 15 is 0 Å². The number of esters is 1. The number of benzene rings is 1. The summed E-state index contributed by atoms with van der Waals surface area (Å²) in [6.45, 7) is 0. The van der Waals surface area contributed by atoms with Crippen LogP contribution in [0.15, 0.2) is 23.4 Å². The van der Waals surface area contributed by atoms with Gasteiger partial charge in [-0.05, 0) is 17.3 Å². The van der Waals surface area contributed by atoms with Gasteiger partial charge in [0.1, 0.15) is 5.69 Å². The Labute approximate surface area is 89.4 Å². The first-order valence-corrected chi connectivity index (χ1v) is 4.96. The minimum atomic E-state index is -0.468. The summed E-state index contributed by atoms with van der Waals surface area (Å²) < 4.78 is 4.57. The van der Waals surface area contributed by atoms with Crippen LogP contribution in [0.5, 0.6) is 0 Å². The zero-order chi connectivity index (χ0) is 10.6. The molecule has 14 heavy (non-hydrogen) atoms. The van der Waals surface area contributed by atoms with Crippen molar-refractivity contribution in [3.05, 3.63) is 34.2 Å². The summed E-state index contributed by atoms with van der Waals surface area (Å²) in [5, 5.41) is 3.22. The fraction of sp³-hybridized carbons (Fsp3) is 0.222. The largest absolute Gasteiger partial charge is 0.465 e. The van der Waals surface area contributed by atoms with Crippen molar-refractivity contribution in [1.29, 1.82) is 0 Å². The lowest BCUT2D eigenvalue weighted by Crippen LogP contribution is -2.04. The molecule has 0 radical (unpaired) electrons. The predicted octanol–water partition coefficient (Wildman–Crippen LogP) is 2.77. The van der Waals surface area contributed by atoms with Crippen molar-refractivity contribution in [2.24, 2.45) is 5.18 Å². The molecule has 0 spiro atoms. The Morgan fingerprint density at radius 3 is 2.79 bits per heavy atom. The van der Waals surface area contributed by atoms with Crippen molar-refractivity contribution >= 4 is 27.6 Å². The molecule has 0 unspecified atom stereocenters. The zero-order valence-corrected chi connectivity index (χ0v) is 9.08. The number of ether oxygens (including phenoxy) is 1. The molecule has 74 valence electrons. The van der Waals surface area contributed by atoms with Crippen LogP contribution in [-0.2, 0) is 10.1 Å². The van der Waals surface area contributed by atoms with Crippen LogP contribution < -0.4 is 0 Å². The van der Waals surface area contributed by atoms with E-state index in [1.165, 1.54) is 7.11 Å². The standard InChI is InChI=1S/C9H8BrNO3/c1-14-9(12)6-3-2-4-8(11-13)7(6)5-10/h2-4H,5H2,1H3. The molecule has 0 heterocycles. The summed E-state index contributed by atoms with van der Waals surface area (Å²) in [7, 11) is 1.29. The van der Waals surface area contributed by atoms with Crippen LogP contribution in [0.25, 0.3) is 0 Å². The Morgan fingerprint density at radius 1 is 1.57 bits per heavy atom. The van der Waals surface area contributed by atoms with E-state index in [1.807, 2.05) is 0 Å². The molecule has 0 saturated carbocycles. The molecule has 0 saturated heterocycles. The maximum absolute atomic E-state index is 11.3. The van der Waals surface area contributed by atoms with Crippen LogP contribution >= 0.6 is 15.9 Å². The number of alkyl halides is 1. The molecule has 0 aromatic heterocycles. The predicted molar refractivity (Wildman–Crippen MR) is 55.9 cm³/mol. The van der Waals surface area contributed by atoms with E-state index < -0.39 is 5.97 Å². The van der Waals surface area contributed by atoms with Crippen molar-refractivity contribution in [3.8, 4) is 0 Å². The number of nitrogens with zero attached hydrogens (tertiary/aromatic N) is 1. The highest BCUT2D eigenvalue weighted by Crippen LogP contribution is 2.25. The Balaban J connectivity index is 3.28. The second-order valence-corrected chi connectivity index (χ2v) is 3.08. The number of nitroso groups, excluding NO2 is 1. The Bertz CT molecular complexity index is 365. The summed E-state index contributed by atoms with van der Waals surface area (Å²) in [5.74, 6) is -0.468. The van der Waals surface area contributed by atoms with Crippen molar-refractivity contribution in [1.82, 2.24) is 0 Å². The third kappa shape index (κ3) is 1.98. The molecule has 0 atom stereocenters. The number of hydrogen-bond acceptors (Lipinski definition) is 4. The second kappa shape index (κ2) is 4.85. The van der Waals surface area contributed by atoms with Gasteiger partial charge in [0.05, 0.1) is 12.7 Å². The van der Waals surface area contributed by atoms with Gasteiger partial charge in [-0.3, -0.25) is 0 Å². The number of rotatable bonds is 3. The Hall–Kier alpha value is -1.23. The highest BCUT2D eigenvalue weighted by Gasteiger charge is 2.14. The topological polar surface area (TPSA) is 55.7 Å². The first-order valence-electron chi connectivity index (χ1n) is 3.84. The summed E-state index contributed by atoms with van der Waals surface area (Å²) in [6, 6.07) is 4.74. The number of hydrogen-bond donors (Lipinski definition) is 0. The molecule has 0 amide bonds. The van der Waals surface area contributed by atoms with Crippen LogP contribution in [0.4, 0.5) is 5.69 Å². The van der Waals surface area contributed by atoms with Gasteiger partial charge in [0.25, 0.3) is 0 Å². The molecular formula is C9H8BrNO3. The van der Waals surface area contributed by atoms with Crippen molar-refractivity contribution in [3.63, 3.8) is 0 Å². The maximum atomic E-state index is 11.3. The normalized spacial score (nSPS) is 9.57. The van der Waals surface area contributed by atoms with Gasteiger partial charge in [0.2, 0.25) is 0 Å². The lowest BCUT2D eigenvalue weighted by atomic mass is 10.1. The molecule has 1 aromatic rings. The highest BCUT2D eigenvalue weighted by molar-refractivity contribution is 9.08. The quantitative estimate of drug-likeness (QED) is 0.475. The maximum Gasteiger partial charge on any atom is 0.338 e. The summed E-state index contributed by atoms with van der Waals surface area (Å²) in [6.07, 6.45) is 0. The molecule has 0 aliphatic rings. The third-order valence-corrected chi connectivity index (χ3v) is 2.35. The fourth-order valence-corrected chi connectivity index (χ4v) is 1.69. The number of methoxy groups -OCH3 is 1. The van der Waals surface area contributed by atoms with Crippen molar-refractivity contribution < 1.29 is 9.53 Å². The van der Waals surface area contributed by atoms with Gasteiger partial charge >= 0.3 is 5.97 Å². The van der Waals surface area contributed by atoms with Crippen molar-refractivity contribution in [2.45, 2.75) is 5.33 Å². The third-order valence-electron chi connectivity index (χ3n) is 1.79. The van der Waals surface area contributed by atoms with Crippen LogP contribution in [0, 0.1) is 4.91 Å². The monoisotopic (exact) mass is 257 g/mol. The van der Waals surface area contributed by atoms with Crippen LogP contribution in [0.3, 0.4) is 0 Å². The van der Waals surface area contributed by atoms with E-state index in [0.29, 0.717) is 16.5 Å². The fourth-order valence-electron chi connectivity index (χ4n) is 1.10.